The van der Waals surface area contributed by atoms with Crippen LogP contribution in [-0.2, 0) is 28.6 Å². The third kappa shape index (κ3) is 38.7. The van der Waals surface area contributed by atoms with Crippen molar-refractivity contribution in [3.8, 4) is 0 Å². The highest BCUT2D eigenvalue weighted by Crippen LogP contribution is 2.13. The number of ether oxygens (including phenoxy) is 3. The molecule has 0 heterocycles. The summed E-state index contributed by atoms with van der Waals surface area (Å²) in [7, 11) is 0. The van der Waals surface area contributed by atoms with Crippen LogP contribution in [0.5, 0.6) is 0 Å². The fourth-order valence-corrected chi connectivity index (χ4v) is 5.86. The van der Waals surface area contributed by atoms with E-state index in [1.807, 2.05) is 0 Å². The monoisotopic (exact) mass is 717 g/mol. The molecule has 0 spiro atoms. The Morgan fingerprint density at radius 2 is 0.706 bits per heavy atom. The van der Waals surface area contributed by atoms with Crippen molar-refractivity contribution in [3.05, 3.63) is 36.5 Å². The number of carbonyl (C=O) groups is 3. The van der Waals surface area contributed by atoms with Gasteiger partial charge in [-0.05, 0) is 57.8 Å². The fourth-order valence-electron chi connectivity index (χ4n) is 5.86. The summed E-state index contributed by atoms with van der Waals surface area (Å²) in [6, 6.07) is 0. The average Bonchev–Trinajstić information content (AvgIpc) is 3.12. The first-order chi connectivity index (χ1) is 25.0. The molecule has 0 rings (SSSR count). The summed E-state index contributed by atoms with van der Waals surface area (Å²) in [4.78, 5) is 37.2. The van der Waals surface area contributed by atoms with Gasteiger partial charge in [-0.25, -0.2) is 0 Å². The van der Waals surface area contributed by atoms with Crippen LogP contribution in [0.4, 0.5) is 0 Å². The lowest BCUT2D eigenvalue weighted by Gasteiger charge is -2.18. The van der Waals surface area contributed by atoms with Crippen LogP contribution in [0.1, 0.15) is 213 Å². The van der Waals surface area contributed by atoms with Crippen molar-refractivity contribution < 1.29 is 28.6 Å². The molecule has 6 nitrogen and oxygen atoms in total. The first kappa shape index (κ1) is 48.6. The zero-order valence-corrected chi connectivity index (χ0v) is 33.6. The van der Waals surface area contributed by atoms with Gasteiger partial charge in [0.05, 0.1) is 0 Å². The molecule has 0 aliphatic rings. The maximum absolute atomic E-state index is 12.5. The number of hydrogen-bond acceptors (Lipinski definition) is 6. The third-order valence-corrected chi connectivity index (χ3v) is 9.15. The molecule has 0 bridgehead atoms. The first-order valence-electron chi connectivity index (χ1n) is 21.5. The van der Waals surface area contributed by atoms with E-state index < -0.39 is 6.10 Å². The molecule has 0 aliphatic heterocycles. The number of hydrogen-bond donors (Lipinski definition) is 0. The van der Waals surface area contributed by atoms with Crippen molar-refractivity contribution >= 4 is 17.9 Å². The average molecular weight is 717 g/mol. The van der Waals surface area contributed by atoms with E-state index in [1.165, 1.54) is 89.9 Å². The van der Waals surface area contributed by atoms with E-state index in [0.717, 1.165) is 83.5 Å². The minimum absolute atomic E-state index is 0.0767. The smallest absolute Gasteiger partial charge is 0.306 e. The highest BCUT2D eigenvalue weighted by Gasteiger charge is 2.19. The number of esters is 3. The largest absolute Gasteiger partial charge is 0.462 e. The van der Waals surface area contributed by atoms with E-state index in [2.05, 4.69) is 57.2 Å². The van der Waals surface area contributed by atoms with Crippen molar-refractivity contribution in [3.63, 3.8) is 0 Å². The maximum Gasteiger partial charge on any atom is 0.306 e. The van der Waals surface area contributed by atoms with E-state index >= 15 is 0 Å². The van der Waals surface area contributed by atoms with Crippen LogP contribution in [0.3, 0.4) is 0 Å². The molecule has 0 N–H and O–H groups in total. The Balaban J connectivity index is 4.11. The second kappa shape index (κ2) is 40.4. The minimum atomic E-state index is -0.767. The first-order valence-corrected chi connectivity index (χ1v) is 21.5. The molecule has 0 aromatic carbocycles. The maximum atomic E-state index is 12.5. The van der Waals surface area contributed by atoms with Crippen molar-refractivity contribution in [1.29, 1.82) is 0 Å². The second-order valence-electron chi connectivity index (χ2n) is 14.3. The van der Waals surface area contributed by atoms with E-state index in [0.29, 0.717) is 19.3 Å². The van der Waals surface area contributed by atoms with E-state index in [1.54, 1.807) is 0 Å². The Hall–Kier alpha value is -2.37. The van der Waals surface area contributed by atoms with Crippen LogP contribution < -0.4 is 0 Å². The van der Waals surface area contributed by atoms with Crippen LogP contribution in [0, 0.1) is 0 Å². The molecule has 0 fully saturated rings. The van der Waals surface area contributed by atoms with Gasteiger partial charge in [-0.1, -0.05) is 173 Å². The molecule has 6 heteroatoms. The van der Waals surface area contributed by atoms with Gasteiger partial charge < -0.3 is 14.2 Å². The molecule has 296 valence electrons. The Morgan fingerprint density at radius 1 is 0.392 bits per heavy atom. The van der Waals surface area contributed by atoms with Crippen molar-refractivity contribution in [2.75, 3.05) is 13.2 Å². The molecular formula is C45H80O6. The molecule has 0 aliphatic carbocycles. The Morgan fingerprint density at radius 3 is 1.10 bits per heavy atom. The zero-order chi connectivity index (χ0) is 37.3. The second-order valence-corrected chi connectivity index (χ2v) is 14.3. The molecule has 0 aromatic heterocycles. The number of unbranched alkanes of at least 4 members (excludes halogenated alkanes) is 21. The zero-order valence-electron chi connectivity index (χ0n) is 33.6. The van der Waals surface area contributed by atoms with Gasteiger partial charge in [0.1, 0.15) is 13.2 Å². The molecule has 0 saturated carbocycles. The number of carbonyl (C=O) groups excluding carboxylic acids is 3. The molecule has 0 aromatic rings. The Labute approximate surface area is 315 Å². The fraction of sp³-hybridized carbons (Fsp3) is 0.800. The van der Waals surface area contributed by atoms with Gasteiger partial charge in [-0.15, -0.1) is 0 Å². The van der Waals surface area contributed by atoms with E-state index in [4.69, 9.17) is 14.2 Å². The van der Waals surface area contributed by atoms with Gasteiger partial charge in [0, 0.05) is 19.3 Å². The molecular weight excluding hydrogens is 636 g/mol. The summed E-state index contributed by atoms with van der Waals surface area (Å²) in [6.45, 7) is 6.47. The predicted octanol–water partition coefficient (Wildman–Crippen LogP) is 13.4. The number of allylic oxidation sites excluding steroid dienone is 6. The lowest BCUT2D eigenvalue weighted by atomic mass is 10.1. The Bertz CT molecular complexity index is 876. The molecule has 0 radical (unpaired) electrons. The van der Waals surface area contributed by atoms with Gasteiger partial charge in [0.25, 0.3) is 0 Å². The highest BCUT2D eigenvalue weighted by molar-refractivity contribution is 5.71. The predicted molar refractivity (Wildman–Crippen MR) is 215 cm³/mol. The molecule has 0 amide bonds. The van der Waals surface area contributed by atoms with Crippen LogP contribution in [-0.4, -0.2) is 37.2 Å². The topological polar surface area (TPSA) is 78.9 Å². The lowest BCUT2D eigenvalue weighted by Crippen LogP contribution is -2.30. The third-order valence-electron chi connectivity index (χ3n) is 9.15. The van der Waals surface area contributed by atoms with Gasteiger partial charge in [-0.3, -0.25) is 14.4 Å². The van der Waals surface area contributed by atoms with Crippen LogP contribution in [0.25, 0.3) is 0 Å². The van der Waals surface area contributed by atoms with Crippen LogP contribution in [0.15, 0.2) is 36.5 Å². The van der Waals surface area contributed by atoms with Crippen LogP contribution in [0.2, 0.25) is 0 Å². The van der Waals surface area contributed by atoms with Crippen molar-refractivity contribution in [2.45, 2.75) is 219 Å². The summed E-state index contributed by atoms with van der Waals surface area (Å²) < 4.78 is 16.5. The highest BCUT2D eigenvalue weighted by atomic mass is 16.6. The summed E-state index contributed by atoms with van der Waals surface area (Å²) in [5.41, 5.74) is 0. The quantitative estimate of drug-likeness (QED) is 0.0274. The summed E-state index contributed by atoms with van der Waals surface area (Å²) >= 11 is 0. The lowest BCUT2D eigenvalue weighted by molar-refractivity contribution is -0.167. The van der Waals surface area contributed by atoms with Gasteiger partial charge >= 0.3 is 17.9 Å². The summed E-state index contributed by atoms with van der Waals surface area (Å²) in [5, 5.41) is 0. The summed E-state index contributed by atoms with van der Waals surface area (Å²) in [6.07, 6.45) is 44.6. The summed E-state index contributed by atoms with van der Waals surface area (Å²) in [5.74, 6) is -0.912. The van der Waals surface area contributed by atoms with E-state index in [-0.39, 0.29) is 31.1 Å². The minimum Gasteiger partial charge on any atom is -0.462 e. The Kier molecular flexibility index (Phi) is 38.5. The van der Waals surface area contributed by atoms with Crippen LogP contribution >= 0.6 is 0 Å². The SMILES string of the molecule is CCCCCCC/C=C\C/C=C\C/C=C\CCCCCCCCC(=O)OCC(COC(=O)CCCCCCC)OC(=O)CCCCCCCCC. The number of rotatable bonds is 38. The van der Waals surface area contributed by atoms with E-state index in [9.17, 15) is 14.4 Å². The van der Waals surface area contributed by atoms with Crippen molar-refractivity contribution in [1.82, 2.24) is 0 Å². The molecule has 0 saturated heterocycles. The normalized spacial score (nSPS) is 12.3. The molecule has 1 unspecified atom stereocenters. The molecule has 1 atom stereocenters. The van der Waals surface area contributed by atoms with Gasteiger partial charge in [-0.2, -0.15) is 0 Å². The van der Waals surface area contributed by atoms with Crippen molar-refractivity contribution in [2.24, 2.45) is 0 Å². The standard InChI is InChI=1S/C45H80O6/c1-4-7-10-13-15-16-17-18-19-20-21-22-23-24-25-26-27-28-30-32-35-38-44(47)50-41-42(40-49-43(46)37-34-31-12-9-6-3)51-45(48)39-36-33-29-14-11-8-5-2/h17-18,20-21,23-24,42H,4-16,19,22,25-41H2,1-3H3/b18-17-,21-20-,24-23-. The van der Waals surface area contributed by atoms with Gasteiger partial charge in [0.15, 0.2) is 6.10 Å². The van der Waals surface area contributed by atoms with Gasteiger partial charge in [0.2, 0.25) is 0 Å². The molecule has 51 heavy (non-hydrogen) atoms.